The van der Waals surface area contributed by atoms with Crippen molar-refractivity contribution in [2.24, 2.45) is 5.73 Å². The van der Waals surface area contributed by atoms with E-state index in [0.717, 1.165) is 12.0 Å². The van der Waals surface area contributed by atoms with Gasteiger partial charge in [-0.3, -0.25) is 4.79 Å². The molecule has 0 saturated heterocycles. The van der Waals surface area contributed by atoms with Crippen molar-refractivity contribution in [2.45, 2.75) is 44.4 Å². The van der Waals surface area contributed by atoms with Gasteiger partial charge in [0.1, 0.15) is 0 Å². The van der Waals surface area contributed by atoms with Crippen molar-refractivity contribution in [3.05, 3.63) is 41.0 Å². The van der Waals surface area contributed by atoms with E-state index in [-0.39, 0.29) is 5.91 Å². The predicted molar refractivity (Wildman–Crippen MR) is 73.0 cm³/mol. The molecular formula is C16H19NO. The molecule has 2 aliphatic rings. The Morgan fingerprint density at radius 2 is 1.89 bits per heavy atom. The van der Waals surface area contributed by atoms with Gasteiger partial charge in [-0.25, -0.2) is 0 Å². The second kappa shape index (κ2) is 3.98. The zero-order valence-corrected chi connectivity index (χ0v) is 10.8. The standard InChI is InChI=1S/C16H19NO/c1-11(15(17)18)13-10-16(8-4-5-9-16)14-7-3-2-6-12(13)14/h2-3,6-7H,4-5,8-10H2,1H3,(H2,17,18). The molecule has 94 valence electrons. The average Bonchev–Trinajstić information content (AvgIpc) is 2.96. The number of hydrogen-bond acceptors (Lipinski definition) is 1. The van der Waals surface area contributed by atoms with Crippen molar-refractivity contribution < 1.29 is 4.79 Å². The van der Waals surface area contributed by atoms with Crippen molar-refractivity contribution in [3.8, 4) is 0 Å². The molecule has 2 aliphatic carbocycles. The number of nitrogens with two attached hydrogens (primary N) is 1. The summed E-state index contributed by atoms with van der Waals surface area (Å²) < 4.78 is 0. The first-order valence-corrected chi connectivity index (χ1v) is 6.73. The molecule has 2 N–H and O–H groups in total. The molecular weight excluding hydrogens is 222 g/mol. The largest absolute Gasteiger partial charge is 0.366 e. The Morgan fingerprint density at radius 3 is 2.56 bits per heavy atom. The number of hydrogen-bond donors (Lipinski definition) is 1. The first kappa shape index (κ1) is 11.5. The van der Waals surface area contributed by atoms with Gasteiger partial charge in [-0.15, -0.1) is 0 Å². The van der Waals surface area contributed by atoms with E-state index in [1.807, 2.05) is 6.92 Å². The summed E-state index contributed by atoms with van der Waals surface area (Å²) >= 11 is 0. The number of primary amides is 1. The van der Waals surface area contributed by atoms with Gasteiger partial charge in [0.25, 0.3) is 0 Å². The first-order valence-electron chi connectivity index (χ1n) is 6.73. The van der Waals surface area contributed by atoms with E-state index < -0.39 is 0 Å². The van der Waals surface area contributed by atoms with Crippen molar-refractivity contribution in [2.75, 3.05) is 0 Å². The lowest BCUT2D eigenvalue weighted by atomic mass is 9.80. The monoisotopic (exact) mass is 241 g/mol. The maximum absolute atomic E-state index is 11.5. The van der Waals surface area contributed by atoms with E-state index in [4.69, 9.17) is 5.73 Å². The van der Waals surface area contributed by atoms with Crippen LogP contribution < -0.4 is 5.73 Å². The molecule has 3 rings (SSSR count). The zero-order valence-electron chi connectivity index (χ0n) is 10.8. The van der Waals surface area contributed by atoms with Gasteiger partial charge in [0.15, 0.2) is 0 Å². The summed E-state index contributed by atoms with van der Waals surface area (Å²) in [6.45, 7) is 1.86. The molecule has 1 saturated carbocycles. The van der Waals surface area contributed by atoms with E-state index in [0.29, 0.717) is 5.41 Å². The summed E-state index contributed by atoms with van der Waals surface area (Å²) in [5.41, 5.74) is 10.4. The summed E-state index contributed by atoms with van der Waals surface area (Å²) in [7, 11) is 0. The van der Waals surface area contributed by atoms with E-state index >= 15 is 0 Å². The third-order valence-corrected chi connectivity index (χ3v) is 4.72. The average molecular weight is 241 g/mol. The highest BCUT2D eigenvalue weighted by Gasteiger charge is 2.43. The lowest BCUT2D eigenvalue weighted by Crippen LogP contribution is -2.18. The number of fused-ring (bicyclic) bond motifs is 2. The van der Waals surface area contributed by atoms with E-state index in [9.17, 15) is 4.79 Å². The van der Waals surface area contributed by atoms with E-state index in [1.54, 1.807) is 0 Å². The Kier molecular flexibility index (Phi) is 2.54. The van der Waals surface area contributed by atoms with Crippen molar-refractivity contribution in [3.63, 3.8) is 0 Å². The molecule has 1 spiro atoms. The number of carbonyl (C=O) groups excluding carboxylic acids is 1. The fourth-order valence-corrected chi connectivity index (χ4v) is 3.72. The third-order valence-electron chi connectivity index (χ3n) is 4.72. The van der Waals surface area contributed by atoms with Gasteiger partial charge in [0.2, 0.25) is 5.91 Å². The molecule has 2 heteroatoms. The van der Waals surface area contributed by atoms with Gasteiger partial charge in [0.05, 0.1) is 0 Å². The fourth-order valence-electron chi connectivity index (χ4n) is 3.72. The van der Waals surface area contributed by atoms with Crippen LogP contribution >= 0.6 is 0 Å². The summed E-state index contributed by atoms with van der Waals surface area (Å²) in [5.74, 6) is -0.283. The van der Waals surface area contributed by atoms with Crippen LogP contribution in [0.1, 0.15) is 50.2 Å². The third kappa shape index (κ3) is 1.52. The first-order chi connectivity index (χ1) is 8.64. The predicted octanol–water partition coefficient (Wildman–Crippen LogP) is 3.16. The van der Waals surface area contributed by atoms with Crippen LogP contribution in [0.3, 0.4) is 0 Å². The molecule has 1 fully saturated rings. The van der Waals surface area contributed by atoms with Crippen LogP contribution in [-0.4, -0.2) is 5.91 Å². The summed E-state index contributed by atoms with van der Waals surface area (Å²) in [6, 6.07) is 8.55. The Labute approximate surface area is 108 Å². The van der Waals surface area contributed by atoms with Crippen LogP contribution in [-0.2, 0) is 10.2 Å². The van der Waals surface area contributed by atoms with Gasteiger partial charge in [-0.1, -0.05) is 37.1 Å². The lowest BCUT2D eigenvalue weighted by molar-refractivity contribution is -0.114. The Hall–Kier alpha value is -1.57. The number of benzene rings is 1. The van der Waals surface area contributed by atoms with Crippen LogP contribution in [0.15, 0.2) is 29.8 Å². The minimum absolute atomic E-state index is 0.283. The van der Waals surface area contributed by atoms with Crippen LogP contribution in [0.5, 0.6) is 0 Å². The van der Waals surface area contributed by atoms with Crippen LogP contribution in [0.4, 0.5) is 0 Å². The fraction of sp³-hybridized carbons (Fsp3) is 0.438. The molecule has 0 aromatic heterocycles. The highest BCUT2D eigenvalue weighted by Crippen LogP contribution is 2.54. The van der Waals surface area contributed by atoms with E-state index in [2.05, 4.69) is 24.3 Å². The van der Waals surface area contributed by atoms with Crippen LogP contribution in [0.2, 0.25) is 0 Å². The Balaban J connectivity index is 2.19. The molecule has 0 atom stereocenters. The molecule has 1 aromatic carbocycles. The van der Waals surface area contributed by atoms with Gasteiger partial charge in [-0.2, -0.15) is 0 Å². The van der Waals surface area contributed by atoms with Gasteiger partial charge in [-0.05, 0) is 48.3 Å². The topological polar surface area (TPSA) is 43.1 Å². The quantitative estimate of drug-likeness (QED) is 0.754. The smallest absolute Gasteiger partial charge is 0.244 e. The Bertz CT molecular complexity index is 536. The molecule has 0 unspecified atom stereocenters. The summed E-state index contributed by atoms with van der Waals surface area (Å²) in [4.78, 5) is 11.5. The van der Waals surface area contributed by atoms with Gasteiger partial charge in [0, 0.05) is 5.57 Å². The second-order valence-corrected chi connectivity index (χ2v) is 5.68. The SMILES string of the molecule is CC(C(N)=O)=C1CC2(CCCC2)c2ccccc21. The van der Waals surface area contributed by atoms with E-state index in [1.165, 1.54) is 42.4 Å². The summed E-state index contributed by atoms with van der Waals surface area (Å²) in [5, 5.41) is 0. The molecule has 1 amide bonds. The molecule has 1 aromatic rings. The second-order valence-electron chi connectivity index (χ2n) is 5.68. The Morgan fingerprint density at radius 1 is 1.22 bits per heavy atom. The minimum atomic E-state index is -0.283. The summed E-state index contributed by atoms with van der Waals surface area (Å²) in [6.07, 6.45) is 6.11. The highest BCUT2D eigenvalue weighted by atomic mass is 16.1. The van der Waals surface area contributed by atoms with Gasteiger partial charge >= 0.3 is 0 Å². The number of rotatable bonds is 1. The zero-order chi connectivity index (χ0) is 12.8. The van der Waals surface area contributed by atoms with Crippen LogP contribution in [0, 0.1) is 0 Å². The molecule has 2 nitrogen and oxygen atoms in total. The molecule has 0 radical (unpaired) electrons. The maximum Gasteiger partial charge on any atom is 0.244 e. The highest BCUT2D eigenvalue weighted by molar-refractivity contribution is 6.01. The number of allylic oxidation sites excluding steroid dienone is 1. The molecule has 0 aliphatic heterocycles. The van der Waals surface area contributed by atoms with Gasteiger partial charge < -0.3 is 5.73 Å². The minimum Gasteiger partial charge on any atom is -0.366 e. The van der Waals surface area contributed by atoms with Crippen molar-refractivity contribution in [1.82, 2.24) is 0 Å². The normalized spacial score (nSPS) is 23.2. The van der Waals surface area contributed by atoms with Crippen LogP contribution in [0.25, 0.3) is 5.57 Å². The number of carbonyl (C=O) groups is 1. The van der Waals surface area contributed by atoms with Crippen molar-refractivity contribution >= 4 is 11.5 Å². The molecule has 0 bridgehead atoms. The maximum atomic E-state index is 11.5. The lowest BCUT2D eigenvalue weighted by Gasteiger charge is -2.23. The molecule has 18 heavy (non-hydrogen) atoms. The molecule has 0 heterocycles. The van der Waals surface area contributed by atoms with Crippen molar-refractivity contribution in [1.29, 1.82) is 0 Å². The number of amides is 1.